The second-order valence-electron chi connectivity index (χ2n) is 12.8. The summed E-state index contributed by atoms with van der Waals surface area (Å²) in [7, 11) is 0. The summed E-state index contributed by atoms with van der Waals surface area (Å²) in [5.41, 5.74) is 0.571. The van der Waals surface area contributed by atoms with Gasteiger partial charge in [0, 0.05) is 38.6 Å². The molecular weight excluding hydrogens is 594 g/mol. The zero-order chi connectivity index (χ0) is 34.1. The third kappa shape index (κ3) is 15.2. The molecule has 0 spiro atoms. The summed E-state index contributed by atoms with van der Waals surface area (Å²) in [5, 5.41) is 16.2. The van der Waals surface area contributed by atoms with Crippen LogP contribution in [0.2, 0.25) is 0 Å². The van der Waals surface area contributed by atoms with Crippen molar-refractivity contribution in [3.8, 4) is 0 Å². The van der Waals surface area contributed by atoms with Gasteiger partial charge in [0.25, 0.3) is 0 Å². The average molecular weight is 645 g/mol. The van der Waals surface area contributed by atoms with E-state index < -0.39 is 46.9 Å². The zero-order valence-electron chi connectivity index (χ0n) is 27.6. The fourth-order valence-corrected chi connectivity index (χ4v) is 5.14. The van der Waals surface area contributed by atoms with Gasteiger partial charge in [0.15, 0.2) is 5.78 Å². The first kappa shape index (κ1) is 38.7. The van der Waals surface area contributed by atoms with Crippen LogP contribution in [0, 0.1) is 17.0 Å². The summed E-state index contributed by atoms with van der Waals surface area (Å²) >= 11 is 0. The Morgan fingerprint density at radius 1 is 0.935 bits per heavy atom. The molecule has 0 fully saturated rings. The first-order chi connectivity index (χ1) is 21.8. The van der Waals surface area contributed by atoms with Crippen molar-refractivity contribution in [3.63, 3.8) is 0 Å². The molecule has 2 aromatic rings. The fraction of sp³-hybridized carbons (Fsp3) is 0.556. The fourth-order valence-electron chi connectivity index (χ4n) is 5.14. The highest BCUT2D eigenvalue weighted by Crippen LogP contribution is 2.29. The van der Waals surface area contributed by atoms with Gasteiger partial charge in [0.1, 0.15) is 23.5 Å². The third-order valence-electron chi connectivity index (χ3n) is 7.96. The molecule has 0 aliphatic heterocycles. The summed E-state index contributed by atoms with van der Waals surface area (Å²) < 4.78 is 33.8. The average Bonchev–Trinajstić information content (AvgIpc) is 3.00. The van der Waals surface area contributed by atoms with E-state index in [1.54, 1.807) is 0 Å². The number of hydrogen-bond acceptors (Lipinski definition) is 6. The van der Waals surface area contributed by atoms with Crippen LogP contribution >= 0.6 is 0 Å². The van der Waals surface area contributed by atoms with Gasteiger partial charge in [-0.25, -0.2) is 8.78 Å². The second-order valence-corrected chi connectivity index (χ2v) is 12.8. The topological polar surface area (TPSA) is 122 Å². The van der Waals surface area contributed by atoms with Gasteiger partial charge in [-0.2, -0.15) is 0 Å². The van der Waals surface area contributed by atoms with Gasteiger partial charge in [-0.05, 0) is 60.4 Å². The number of halogens is 2. The zero-order valence-corrected chi connectivity index (χ0v) is 27.6. The molecule has 0 saturated heterocycles. The molecule has 0 saturated carbocycles. The van der Waals surface area contributed by atoms with Crippen molar-refractivity contribution in [2.24, 2.45) is 5.41 Å². The van der Waals surface area contributed by atoms with Gasteiger partial charge in [0.2, 0.25) is 11.8 Å². The summed E-state index contributed by atoms with van der Waals surface area (Å²) in [4.78, 5) is 50.2. The molecule has 0 bridgehead atoms. The van der Waals surface area contributed by atoms with E-state index in [4.69, 9.17) is 4.74 Å². The van der Waals surface area contributed by atoms with Crippen LogP contribution in [0.4, 0.5) is 8.78 Å². The van der Waals surface area contributed by atoms with Gasteiger partial charge in [-0.15, -0.1) is 0 Å². The molecule has 2 aromatic carbocycles. The SMILES string of the molecule is CCCCCC(=O)NC(CC(=O)CCC(C)(C)CCC(=O)[C@@H](O)[C@@H](COCc1ccccc1)NC(C)=O)Cc1cc(F)ccc1F. The van der Waals surface area contributed by atoms with Crippen molar-refractivity contribution in [1.82, 2.24) is 10.6 Å². The molecule has 2 amide bonds. The number of carbonyl (C=O) groups excluding carboxylic acids is 4. The maximum atomic E-state index is 14.4. The second kappa shape index (κ2) is 19.9. The van der Waals surface area contributed by atoms with Crippen molar-refractivity contribution >= 4 is 23.4 Å². The van der Waals surface area contributed by atoms with Crippen molar-refractivity contribution in [2.75, 3.05) is 6.61 Å². The van der Waals surface area contributed by atoms with E-state index in [2.05, 4.69) is 10.6 Å². The maximum absolute atomic E-state index is 14.4. The lowest BCUT2D eigenvalue weighted by molar-refractivity contribution is -0.132. The van der Waals surface area contributed by atoms with E-state index in [1.807, 2.05) is 51.1 Å². The molecule has 3 N–H and O–H groups in total. The number of ketones is 2. The molecule has 2 rings (SSSR count). The number of aliphatic hydroxyl groups is 1. The number of carbonyl (C=O) groups is 4. The van der Waals surface area contributed by atoms with E-state index in [-0.39, 0.29) is 56.2 Å². The number of hydrogen-bond donors (Lipinski definition) is 3. The van der Waals surface area contributed by atoms with Crippen LogP contribution in [0.3, 0.4) is 0 Å². The Hall–Kier alpha value is -3.50. The van der Waals surface area contributed by atoms with Crippen LogP contribution in [-0.2, 0) is 36.9 Å². The number of nitrogens with one attached hydrogen (secondary N) is 2. The van der Waals surface area contributed by atoms with Gasteiger partial charge in [-0.1, -0.05) is 63.9 Å². The maximum Gasteiger partial charge on any atom is 0.220 e. The molecule has 0 aromatic heterocycles. The summed E-state index contributed by atoms with van der Waals surface area (Å²) in [6.07, 6.45) is 2.34. The first-order valence-corrected chi connectivity index (χ1v) is 16.1. The Bertz CT molecular complexity index is 1270. The van der Waals surface area contributed by atoms with E-state index >= 15 is 0 Å². The van der Waals surface area contributed by atoms with Crippen molar-refractivity contribution in [3.05, 3.63) is 71.3 Å². The van der Waals surface area contributed by atoms with E-state index in [1.165, 1.54) is 6.92 Å². The summed E-state index contributed by atoms with van der Waals surface area (Å²) in [6, 6.07) is 10.9. The minimum atomic E-state index is -1.46. The Morgan fingerprint density at radius 3 is 2.30 bits per heavy atom. The standard InChI is InChI=1S/C36H50F2N2O6/c1-5-6-8-13-34(44)40-29(21-27-20-28(37)14-15-31(27)38)22-30(42)16-18-36(3,4)19-17-33(43)35(45)32(39-25(2)41)24-46-23-26-11-9-7-10-12-26/h7,9-12,14-15,20,29,32,35,45H,5-6,8,13,16-19,21-24H2,1-4H3,(H,39,41)(H,40,44)/t29?,32-,35+/m1/s1. The number of benzene rings is 2. The molecular formula is C36H50F2N2O6. The van der Waals surface area contributed by atoms with E-state index in [9.17, 15) is 33.1 Å². The Morgan fingerprint density at radius 2 is 1.63 bits per heavy atom. The minimum absolute atomic E-state index is 0.0187. The Balaban J connectivity index is 1.92. The highest BCUT2D eigenvalue weighted by atomic mass is 19.1. The quantitative estimate of drug-likeness (QED) is 0.140. The van der Waals surface area contributed by atoms with Crippen LogP contribution in [0.25, 0.3) is 0 Å². The third-order valence-corrected chi connectivity index (χ3v) is 7.96. The number of aliphatic hydroxyl groups excluding tert-OH is 1. The lowest BCUT2D eigenvalue weighted by Gasteiger charge is -2.27. The molecule has 3 atom stereocenters. The number of ether oxygens (including phenoxy) is 1. The molecule has 1 unspecified atom stereocenters. The highest BCUT2D eigenvalue weighted by molar-refractivity contribution is 5.85. The summed E-state index contributed by atoms with van der Waals surface area (Å²) in [5.74, 6) is -2.41. The van der Waals surface area contributed by atoms with Crippen LogP contribution in [-0.4, -0.2) is 53.3 Å². The Kier molecular flexibility index (Phi) is 16.7. The molecule has 0 aliphatic rings. The first-order valence-electron chi connectivity index (χ1n) is 16.1. The molecule has 0 aliphatic carbocycles. The monoisotopic (exact) mass is 644 g/mol. The normalized spacial score (nSPS) is 13.5. The van der Waals surface area contributed by atoms with E-state index in [0.29, 0.717) is 25.7 Å². The van der Waals surface area contributed by atoms with Crippen LogP contribution < -0.4 is 10.6 Å². The molecule has 0 radical (unpaired) electrons. The molecule has 254 valence electrons. The van der Waals surface area contributed by atoms with Gasteiger partial charge in [0.05, 0.1) is 19.3 Å². The van der Waals surface area contributed by atoms with E-state index in [0.717, 1.165) is 36.6 Å². The molecule has 10 heteroatoms. The number of rotatable bonds is 22. The van der Waals surface area contributed by atoms with Crippen molar-refractivity contribution in [1.29, 1.82) is 0 Å². The van der Waals surface area contributed by atoms with Crippen LogP contribution in [0.5, 0.6) is 0 Å². The predicted octanol–water partition coefficient (Wildman–Crippen LogP) is 5.77. The van der Waals surface area contributed by atoms with Crippen molar-refractivity contribution in [2.45, 2.75) is 117 Å². The van der Waals surface area contributed by atoms with Gasteiger partial charge >= 0.3 is 0 Å². The number of Topliss-reactive ketones (excluding diaryl/α,β-unsaturated/α-hetero) is 2. The van der Waals surface area contributed by atoms with Crippen LogP contribution in [0.1, 0.15) is 96.6 Å². The minimum Gasteiger partial charge on any atom is -0.383 e. The summed E-state index contributed by atoms with van der Waals surface area (Å²) in [6.45, 7) is 7.39. The predicted molar refractivity (Wildman–Crippen MR) is 173 cm³/mol. The van der Waals surface area contributed by atoms with Crippen molar-refractivity contribution < 1.29 is 37.8 Å². The molecule has 0 heterocycles. The largest absolute Gasteiger partial charge is 0.383 e. The molecule has 8 nitrogen and oxygen atoms in total. The lowest BCUT2D eigenvalue weighted by Crippen LogP contribution is -2.49. The van der Waals surface area contributed by atoms with Gasteiger partial charge in [-0.3, -0.25) is 19.2 Å². The lowest BCUT2D eigenvalue weighted by atomic mass is 9.81. The highest BCUT2D eigenvalue weighted by Gasteiger charge is 2.29. The van der Waals surface area contributed by atoms with Crippen LogP contribution in [0.15, 0.2) is 48.5 Å². The number of amides is 2. The number of unbranched alkanes of at least 4 members (excludes halogenated alkanes) is 2. The molecule has 46 heavy (non-hydrogen) atoms. The smallest absolute Gasteiger partial charge is 0.220 e. The van der Waals surface area contributed by atoms with Gasteiger partial charge < -0.3 is 20.5 Å². The Labute approximate surface area is 271 Å².